The Morgan fingerprint density at radius 2 is 1.96 bits per heavy atom. The third kappa shape index (κ3) is 3.35. The molecule has 1 heterocycles. The van der Waals surface area contributed by atoms with Crippen LogP contribution in [0.15, 0.2) is 36.4 Å². The highest BCUT2D eigenvalue weighted by atomic mass is 35.5. The molecule has 3 nitrogen and oxygen atoms in total. The Labute approximate surface area is 141 Å². The molecule has 0 aliphatic carbocycles. The predicted molar refractivity (Wildman–Crippen MR) is 95.3 cm³/mol. The highest BCUT2D eigenvalue weighted by Crippen LogP contribution is 2.24. The summed E-state index contributed by atoms with van der Waals surface area (Å²) >= 11 is 6.14. The van der Waals surface area contributed by atoms with E-state index in [1.54, 1.807) is 0 Å². The average molecular weight is 329 g/mol. The van der Waals surface area contributed by atoms with Gasteiger partial charge in [-0.2, -0.15) is 0 Å². The molecule has 0 aliphatic rings. The molecule has 120 valence electrons. The van der Waals surface area contributed by atoms with Gasteiger partial charge < -0.3 is 9.30 Å². The molecule has 0 bridgehead atoms. The van der Waals surface area contributed by atoms with Gasteiger partial charge in [0.25, 0.3) is 0 Å². The van der Waals surface area contributed by atoms with Crippen molar-refractivity contribution in [3.63, 3.8) is 0 Å². The summed E-state index contributed by atoms with van der Waals surface area (Å²) in [4.78, 5) is 4.71. The summed E-state index contributed by atoms with van der Waals surface area (Å²) in [6.45, 7) is 7.67. The first-order chi connectivity index (χ1) is 11.1. The fourth-order valence-electron chi connectivity index (χ4n) is 2.83. The van der Waals surface area contributed by atoms with Crippen LogP contribution >= 0.6 is 11.6 Å². The minimum atomic E-state index is 0.455. The largest absolute Gasteiger partial charge is 0.485 e. The number of aromatic nitrogens is 2. The van der Waals surface area contributed by atoms with E-state index < -0.39 is 0 Å². The molecule has 0 unspecified atom stereocenters. The molecule has 0 spiro atoms. The summed E-state index contributed by atoms with van der Waals surface area (Å²) in [7, 11) is 0. The first-order valence-corrected chi connectivity index (χ1v) is 8.31. The monoisotopic (exact) mass is 328 g/mol. The minimum Gasteiger partial charge on any atom is -0.485 e. The van der Waals surface area contributed by atoms with Gasteiger partial charge in [0.15, 0.2) is 0 Å². The number of hydrogen-bond acceptors (Lipinski definition) is 2. The van der Waals surface area contributed by atoms with E-state index in [0.717, 1.165) is 46.2 Å². The Bertz CT molecular complexity index is 839. The highest BCUT2D eigenvalue weighted by Gasteiger charge is 2.12. The Morgan fingerprint density at radius 1 is 1.13 bits per heavy atom. The van der Waals surface area contributed by atoms with Crippen LogP contribution in [0, 0.1) is 13.8 Å². The van der Waals surface area contributed by atoms with Crippen LogP contribution in [0.3, 0.4) is 0 Å². The number of nitrogens with zero attached hydrogens (tertiary/aromatic N) is 2. The zero-order valence-electron chi connectivity index (χ0n) is 13.8. The number of ether oxygens (including phenoxy) is 1. The lowest BCUT2D eigenvalue weighted by atomic mass is 10.1. The molecule has 0 amide bonds. The molecule has 0 saturated carbocycles. The van der Waals surface area contributed by atoms with Crippen molar-refractivity contribution in [1.29, 1.82) is 0 Å². The molecule has 1 aromatic heterocycles. The van der Waals surface area contributed by atoms with E-state index in [9.17, 15) is 0 Å². The molecule has 3 rings (SSSR count). The zero-order chi connectivity index (χ0) is 16.4. The fourth-order valence-corrected chi connectivity index (χ4v) is 3.00. The topological polar surface area (TPSA) is 27.1 Å². The highest BCUT2D eigenvalue weighted by molar-refractivity contribution is 6.31. The van der Waals surface area contributed by atoms with E-state index in [4.69, 9.17) is 21.3 Å². The zero-order valence-corrected chi connectivity index (χ0v) is 14.5. The summed E-state index contributed by atoms with van der Waals surface area (Å²) in [5.41, 5.74) is 4.41. The molecule has 3 aromatic rings. The van der Waals surface area contributed by atoms with Crippen molar-refractivity contribution >= 4 is 22.6 Å². The Morgan fingerprint density at radius 3 is 2.70 bits per heavy atom. The second kappa shape index (κ2) is 6.63. The number of fused-ring (bicyclic) bond motifs is 1. The van der Waals surface area contributed by atoms with Crippen molar-refractivity contribution in [1.82, 2.24) is 9.55 Å². The van der Waals surface area contributed by atoms with E-state index in [1.807, 2.05) is 24.3 Å². The normalized spacial score (nSPS) is 11.1. The van der Waals surface area contributed by atoms with Gasteiger partial charge in [0, 0.05) is 11.6 Å². The molecule has 0 fully saturated rings. The second-order valence-electron chi connectivity index (χ2n) is 5.87. The maximum absolute atomic E-state index is 6.14. The number of imidazole rings is 1. The SMILES string of the molecule is CCCn1c(COc2ccc(C)cc2C)nc2ccc(Cl)cc21. The van der Waals surface area contributed by atoms with E-state index in [-0.39, 0.29) is 0 Å². The first kappa shape index (κ1) is 15.9. The molecule has 0 aliphatic heterocycles. The van der Waals surface area contributed by atoms with Crippen LogP contribution in [0.1, 0.15) is 30.3 Å². The number of hydrogen-bond donors (Lipinski definition) is 0. The van der Waals surface area contributed by atoms with E-state index in [2.05, 4.69) is 37.5 Å². The van der Waals surface area contributed by atoms with Crippen molar-refractivity contribution < 1.29 is 4.74 Å². The van der Waals surface area contributed by atoms with Gasteiger partial charge in [-0.1, -0.05) is 36.2 Å². The number of benzene rings is 2. The average Bonchev–Trinajstić information content (AvgIpc) is 2.84. The molecular formula is C19H21ClN2O. The lowest BCUT2D eigenvalue weighted by Crippen LogP contribution is -2.07. The van der Waals surface area contributed by atoms with Crippen molar-refractivity contribution in [3.8, 4) is 5.75 Å². The third-order valence-electron chi connectivity index (χ3n) is 3.92. The van der Waals surface area contributed by atoms with Gasteiger partial charge in [0.1, 0.15) is 18.2 Å². The number of halogens is 1. The third-order valence-corrected chi connectivity index (χ3v) is 4.16. The Balaban J connectivity index is 1.91. The Kier molecular flexibility index (Phi) is 4.58. The first-order valence-electron chi connectivity index (χ1n) is 7.93. The molecule has 0 saturated heterocycles. The summed E-state index contributed by atoms with van der Waals surface area (Å²) in [5.74, 6) is 1.84. The van der Waals surface area contributed by atoms with Gasteiger partial charge in [0.2, 0.25) is 0 Å². The smallest absolute Gasteiger partial charge is 0.147 e. The molecule has 4 heteroatoms. The molecule has 0 atom stereocenters. The van der Waals surface area contributed by atoms with Gasteiger partial charge in [0.05, 0.1) is 11.0 Å². The quantitative estimate of drug-likeness (QED) is 0.635. The van der Waals surface area contributed by atoms with Crippen LogP contribution in [0.25, 0.3) is 11.0 Å². The van der Waals surface area contributed by atoms with Crippen molar-refractivity contribution in [2.75, 3.05) is 0 Å². The number of aryl methyl sites for hydroxylation is 3. The van der Waals surface area contributed by atoms with Crippen LogP contribution in [-0.4, -0.2) is 9.55 Å². The standard InChI is InChI=1S/C19H21ClN2O/c1-4-9-22-17-11-15(20)6-7-16(17)21-19(22)12-23-18-8-5-13(2)10-14(18)3/h5-8,10-11H,4,9,12H2,1-3H3. The predicted octanol–water partition coefficient (Wildman–Crippen LogP) is 5.30. The van der Waals surface area contributed by atoms with Crippen molar-refractivity contribution in [2.45, 2.75) is 40.3 Å². The van der Waals surface area contributed by atoms with Crippen LogP contribution < -0.4 is 4.74 Å². The number of rotatable bonds is 5. The molecular weight excluding hydrogens is 308 g/mol. The van der Waals surface area contributed by atoms with Crippen molar-refractivity contribution in [2.24, 2.45) is 0 Å². The lowest BCUT2D eigenvalue weighted by molar-refractivity contribution is 0.288. The molecule has 23 heavy (non-hydrogen) atoms. The molecule has 0 radical (unpaired) electrons. The van der Waals surface area contributed by atoms with Gasteiger partial charge in [-0.05, 0) is 50.1 Å². The molecule has 0 N–H and O–H groups in total. The van der Waals surface area contributed by atoms with Gasteiger partial charge in [-0.15, -0.1) is 0 Å². The lowest BCUT2D eigenvalue weighted by Gasteiger charge is -2.11. The maximum Gasteiger partial charge on any atom is 0.147 e. The fraction of sp³-hybridized carbons (Fsp3) is 0.316. The van der Waals surface area contributed by atoms with E-state index in [0.29, 0.717) is 6.61 Å². The van der Waals surface area contributed by atoms with Gasteiger partial charge in [-0.25, -0.2) is 4.98 Å². The summed E-state index contributed by atoms with van der Waals surface area (Å²) in [5, 5.41) is 0.733. The van der Waals surface area contributed by atoms with Crippen LogP contribution in [-0.2, 0) is 13.2 Å². The van der Waals surface area contributed by atoms with E-state index >= 15 is 0 Å². The van der Waals surface area contributed by atoms with Crippen LogP contribution in [0.2, 0.25) is 5.02 Å². The van der Waals surface area contributed by atoms with Crippen molar-refractivity contribution in [3.05, 3.63) is 58.4 Å². The summed E-state index contributed by atoms with van der Waals surface area (Å²) in [6.07, 6.45) is 1.04. The van der Waals surface area contributed by atoms with Crippen LogP contribution in [0.4, 0.5) is 0 Å². The maximum atomic E-state index is 6.14. The molecule has 2 aromatic carbocycles. The minimum absolute atomic E-state index is 0.455. The van der Waals surface area contributed by atoms with Gasteiger partial charge >= 0.3 is 0 Å². The van der Waals surface area contributed by atoms with Gasteiger partial charge in [-0.3, -0.25) is 0 Å². The second-order valence-corrected chi connectivity index (χ2v) is 6.31. The van der Waals surface area contributed by atoms with E-state index in [1.165, 1.54) is 5.56 Å². The summed E-state index contributed by atoms with van der Waals surface area (Å²) < 4.78 is 8.21. The van der Waals surface area contributed by atoms with Crippen LogP contribution in [0.5, 0.6) is 5.75 Å². The summed E-state index contributed by atoms with van der Waals surface area (Å²) in [6, 6.07) is 12.0. The Hall–Kier alpha value is -2.00.